The number of nitrogens with zero attached hydrogens (tertiary/aromatic N) is 2. The fourth-order valence-corrected chi connectivity index (χ4v) is 2.54. The van der Waals surface area contributed by atoms with Crippen molar-refractivity contribution in [3.8, 4) is 0 Å². The van der Waals surface area contributed by atoms with Crippen LogP contribution in [0.2, 0.25) is 0 Å². The van der Waals surface area contributed by atoms with E-state index in [0.29, 0.717) is 5.92 Å². The third-order valence-corrected chi connectivity index (χ3v) is 3.51. The number of rotatable bonds is 3. The lowest BCUT2D eigenvalue weighted by Gasteiger charge is -2.31. The van der Waals surface area contributed by atoms with Crippen molar-refractivity contribution in [2.24, 2.45) is 10.9 Å². The van der Waals surface area contributed by atoms with Crippen LogP contribution in [0.4, 0.5) is 0 Å². The molecule has 0 aromatic rings. The lowest BCUT2D eigenvalue weighted by atomic mass is 10.1. The van der Waals surface area contributed by atoms with E-state index in [4.69, 9.17) is 9.73 Å². The zero-order chi connectivity index (χ0) is 11.8. The summed E-state index contributed by atoms with van der Waals surface area (Å²) in [6, 6.07) is 0. The van der Waals surface area contributed by atoms with Gasteiger partial charge in [-0.05, 0) is 27.2 Å². The van der Waals surface area contributed by atoms with Crippen LogP contribution in [0.5, 0.6) is 0 Å². The van der Waals surface area contributed by atoms with E-state index in [-0.39, 0.29) is 13.0 Å². The topological polar surface area (TPSA) is 24.8 Å². The van der Waals surface area contributed by atoms with Crippen molar-refractivity contribution < 1.29 is 4.74 Å². The Bertz CT molecular complexity index is 314. The highest BCUT2D eigenvalue weighted by Crippen LogP contribution is 2.51. The molecule has 0 bridgehead atoms. The highest BCUT2D eigenvalue weighted by Gasteiger charge is 2.52. The fraction of sp³-hybridized carbons (Fsp3) is 0.786. The Hall–Kier alpha value is -0.830. The van der Waals surface area contributed by atoms with Gasteiger partial charge in [-0.15, -0.1) is 0 Å². The largest absolute Gasteiger partial charge is 0.378 e. The molecule has 0 aromatic heterocycles. The summed E-state index contributed by atoms with van der Waals surface area (Å²) in [4.78, 5) is 7.08. The predicted octanol–water partition coefficient (Wildman–Crippen LogP) is 2.73. The molecule has 3 nitrogen and oxygen atoms in total. The third kappa shape index (κ3) is 3.09. The van der Waals surface area contributed by atoms with E-state index >= 15 is 0 Å². The molecular formula is C14H26N2O. The lowest BCUT2D eigenvalue weighted by Crippen LogP contribution is -2.36. The van der Waals surface area contributed by atoms with Gasteiger partial charge in [0.15, 0.2) is 0 Å². The van der Waals surface area contributed by atoms with Gasteiger partial charge in [0.25, 0.3) is 0 Å². The molecule has 2 aliphatic rings. The zero-order valence-electron chi connectivity index (χ0n) is 10.6. The second-order valence-corrected chi connectivity index (χ2v) is 5.26. The highest BCUT2D eigenvalue weighted by molar-refractivity contribution is 5.79. The van der Waals surface area contributed by atoms with Gasteiger partial charge in [0.05, 0.1) is 18.8 Å². The van der Waals surface area contributed by atoms with Crippen molar-refractivity contribution in [3.05, 3.63) is 12.3 Å². The molecule has 1 saturated carbocycles. The quantitative estimate of drug-likeness (QED) is 0.706. The first-order chi connectivity index (χ1) is 7.53. The van der Waals surface area contributed by atoms with E-state index in [0.717, 1.165) is 32.7 Å². The van der Waals surface area contributed by atoms with Crippen LogP contribution in [0, 0.1) is 5.92 Å². The molecule has 2 unspecified atom stereocenters. The van der Waals surface area contributed by atoms with Crippen LogP contribution in [0.15, 0.2) is 17.3 Å². The molecule has 2 fully saturated rings. The van der Waals surface area contributed by atoms with Crippen molar-refractivity contribution in [3.63, 3.8) is 0 Å². The molecule has 1 heterocycles. The standard InChI is InChI=1S/C13H22N2O.CH4/c1-10(2)14-13(4)9-12(13)11(3)15-5-7-16-8-6-15;/h12H,3,5-9H2,1-2,4H3;1H4. The van der Waals surface area contributed by atoms with E-state index in [1.54, 1.807) is 0 Å². The van der Waals surface area contributed by atoms with Crippen LogP contribution in [-0.2, 0) is 4.74 Å². The summed E-state index contributed by atoms with van der Waals surface area (Å²) >= 11 is 0. The number of hydrogen-bond acceptors (Lipinski definition) is 3. The molecule has 0 spiro atoms. The van der Waals surface area contributed by atoms with Gasteiger partial charge in [0, 0.05) is 30.4 Å². The second-order valence-electron chi connectivity index (χ2n) is 5.26. The van der Waals surface area contributed by atoms with Crippen LogP contribution in [0.3, 0.4) is 0 Å². The lowest BCUT2D eigenvalue weighted by molar-refractivity contribution is 0.0510. The molecule has 1 aliphatic carbocycles. The number of aliphatic imine (C=N–C) groups is 1. The molecule has 17 heavy (non-hydrogen) atoms. The average molecular weight is 238 g/mol. The van der Waals surface area contributed by atoms with Gasteiger partial charge >= 0.3 is 0 Å². The van der Waals surface area contributed by atoms with Gasteiger partial charge in [0.2, 0.25) is 0 Å². The monoisotopic (exact) mass is 238 g/mol. The van der Waals surface area contributed by atoms with Gasteiger partial charge in [-0.25, -0.2) is 0 Å². The predicted molar refractivity (Wildman–Crippen MR) is 73.6 cm³/mol. The van der Waals surface area contributed by atoms with Crippen LogP contribution >= 0.6 is 0 Å². The Labute approximate surface area is 106 Å². The van der Waals surface area contributed by atoms with Crippen molar-refractivity contribution in [1.29, 1.82) is 0 Å². The number of hydrogen-bond donors (Lipinski definition) is 0. The summed E-state index contributed by atoms with van der Waals surface area (Å²) < 4.78 is 5.36. The molecule has 0 amide bonds. The highest BCUT2D eigenvalue weighted by atomic mass is 16.5. The molecule has 3 heteroatoms. The van der Waals surface area contributed by atoms with E-state index < -0.39 is 0 Å². The van der Waals surface area contributed by atoms with Crippen molar-refractivity contribution in [1.82, 2.24) is 4.90 Å². The Kier molecular flexibility index (Phi) is 4.36. The van der Waals surface area contributed by atoms with Crippen LogP contribution in [0.1, 0.15) is 34.6 Å². The Balaban J connectivity index is 0.00000144. The molecule has 2 atom stereocenters. The molecule has 1 saturated heterocycles. The Morgan fingerprint density at radius 1 is 1.35 bits per heavy atom. The van der Waals surface area contributed by atoms with E-state index in [1.165, 1.54) is 11.4 Å². The molecule has 0 aromatic carbocycles. The molecule has 1 aliphatic heterocycles. The maximum Gasteiger partial charge on any atom is 0.0669 e. The normalized spacial score (nSPS) is 31.5. The summed E-state index contributed by atoms with van der Waals surface area (Å²) in [7, 11) is 0. The van der Waals surface area contributed by atoms with Crippen LogP contribution in [0.25, 0.3) is 0 Å². The summed E-state index contributed by atoms with van der Waals surface area (Å²) in [6.45, 7) is 14.2. The van der Waals surface area contributed by atoms with Crippen LogP contribution < -0.4 is 0 Å². The van der Waals surface area contributed by atoms with Gasteiger partial charge < -0.3 is 9.64 Å². The molecule has 2 rings (SSSR count). The summed E-state index contributed by atoms with van der Waals surface area (Å²) in [6.07, 6.45) is 1.15. The molecule has 98 valence electrons. The van der Waals surface area contributed by atoms with Crippen molar-refractivity contribution in [2.75, 3.05) is 26.3 Å². The maximum atomic E-state index is 5.36. The van der Waals surface area contributed by atoms with Gasteiger partial charge in [-0.3, -0.25) is 4.99 Å². The zero-order valence-corrected chi connectivity index (χ0v) is 10.6. The third-order valence-electron chi connectivity index (χ3n) is 3.51. The smallest absolute Gasteiger partial charge is 0.0669 e. The van der Waals surface area contributed by atoms with Crippen molar-refractivity contribution >= 4 is 5.71 Å². The first-order valence-electron chi connectivity index (χ1n) is 6.07. The fourth-order valence-electron chi connectivity index (χ4n) is 2.54. The Morgan fingerprint density at radius 2 is 1.94 bits per heavy atom. The SMILES string of the molecule is C.C=C(C1CC1(C)N=C(C)C)N1CCOCC1. The summed E-state index contributed by atoms with van der Waals surface area (Å²) in [5, 5.41) is 0. The van der Waals surface area contributed by atoms with E-state index in [9.17, 15) is 0 Å². The van der Waals surface area contributed by atoms with Crippen molar-refractivity contribution in [2.45, 2.75) is 40.2 Å². The maximum absolute atomic E-state index is 5.36. The van der Waals surface area contributed by atoms with E-state index in [1.807, 2.05) is 0 Å². The average Bonchev–Trinajstić information content (AvgIpc) is 2.89. The summed E-state index contributed by atoms with van der Waals surface area (Å²) in [5.74, 6) is 0.542. The molecular weight excluding hydrogens is 212 g/mol. The second kappa shape index (κ2) is 5.21. The van der Waals surface area contributed by atoms with Gasteiger partial charge in [0.1, 0.15) is 0 Å². The van der Waals surface area contributed by atoms with E-state index in [2.05, 4.69) is 32.3 Å². The minimum absolute atomic E-state index is 0. The van der Waals surface area contributed by atoms with Crippen LogP contribution in [-0.4, -0.2) is 42.5 Å². The number of ether oxygens (including phenoxy) is 1. The van der Waals surface area contributed by atoms with Gasteiger partial charge in [-0.2, -0.15) is 0 Å². The minimum Gasteiger partial charge on any atom is -0.378 e. The molecule has 0 N–H and O–H groups in total. The van der Waals surface area contributed by atoms with Gasteiger partial charge in [-0.1, -0.05) is 14.0 Å². The first-order valence-corrected chi connectivity index (χ1v) is 6.07. The number of morpholine rings is 1. The first kappa shape index (κ1) is 14.2. The summed E-state index contributed by atoms with van der Waals surface area (Å²) in [5.41, 5.74) is 2.55. The minimum atomic E-state index is 0. The molecule has 0 radical (unpaired) electrons. The Morgan fingerprint density at radius 3 is 2.47 bits per heavy atom.